The first-order valence-electron chi connectivity index (χ1n) is 9.59. The van der Waals surface area contributed by atoms with Crippen molar-refractivity contribution in [2.45, 2.75) is 112 Å². The lowest BCUT2D eigenvalue weighted by molar-refractivity contribution is -0.256. The zero-order valence-electron chi connectivity index (χ0n) is 14.4. The molecule has 1 saturated carbocycles. The zero-order chi connectivity index (χ0) is 15.6. The molecule has 2 nitrogen and oxygen atoms in total. The molecule has 0 N–H and O–H groups in total. The molecule has 128 valence electrons. The van der Waals surface area contributed by atoms with E-state index < -0.39 is 0 Å². The molecule has 1 aliphatic carbocycles. The Morgan fingerprint density at radius 1 is 1.14 bits per heavy atom. The number of alkyl halides is 1. The topological polar surface area (TPSA) is 18.5 Å². The molecule has 2 aliphatic heterocycles. The van der Waals surface area contributed by atoms with Gasteiger partial charge in [-0.1, -0.05) is 68.0 Å². The highest BCUT2D eigenvalue weighted by Gasteiger charge is 2.52. The van der Waals surface area contributed by atoms with Crippen molar-refractivity contribution in [3.8, 4) is 0 Å². The first-order chi connectivity index (χ1) is 10.6. The van der Waals surface area contributed by atoms with Crippen LogP contribution in [0.2, 0.25) is 0 Å². The molecule has 2 heterocycles. The van der Waals surface area contributed by atoms with Crippen LogP contribution in [-0.2, 0) is 9.47 Å². The summed E-state index contributed by atoms with van der Waals surface area (Å²) in [6.07, 6.45) is 15.7. The summed E-state index contributed by atoms with van der Waals surface area (Å²) in [6, 6.07) is 0. The second kappa shape index (κ2) is 7.69. The molecule has 3 heteroatoms. The summed E-state index contributed by atoms with van der Waals surface area (Å²) < 4.78 is 13.8. The predicted octanol–water partition coefficient (Wildman–Crippen LogP) is 5.66. The quantitative estimate of drug-likeness (QED) is 0.325. The van der Waals surface area contributed by atoms with Gasteiger partial charge in [-0.25, -0.2) is 0 Å². The lowest BCUT2D eigenvalue weighted by atomic mass is 9.72. The minimum Gasteiger partial charge on any atom is -0.372 e. The Bertz CT molecular complexity index is 361. The third kappa shape index (κ3) is 3.83. The number of hydrogen-bond donors (Lipinski definition) is 0. The molecular formula is C19H33IO2. The summed E-state index contributed by atoms with van der Waals surface area (Å²) >= 11 is 2.62. The molecule has 0 radical (unpaired) electrons. The van der Waals surface area contributed by atoms with Crippen molar-refractivity contribution < 1.29 is 9.47 Å². The lowest BCUT2D eigenvalue weighted by Crippen LogP contribution is -2.60. The standard InChI is InChI=1S/C19H33IO2/c1-3-4-5-6-11-17-15(20)12-18-19(2,22-17)13-14-9-7-8-10-16(14)21-18/h14-18H,3-13H2,1-2H3/t14-,15+,16+,17-,18-,19+/m0/s1. The molecule has 6 atom stereocenters. The number of ether oxygens (including phenoxy) is 2. The average molecular weight is 420 g/mol. The van der Waals surface area contributed by atoms with Gasteiger partial charge < -0.3 is 9.47 Å². The van der Waals surface area contributed by atoms with Crippen LogP contribution in [0.5, 0.6) is 0 Å². The number of rotatable bonds is 5. The van der Waals surface area contributed by atoms with Crippen molar-refractivity contribution >= 4 is 22.6 Å². The normalized spacial score (nSPS) is 45.1. The van der Waals surface area contributed by atoms with Crippen LogP contribution in [0.1, 0.15) is 84.5 Å². The minimum atomic E-state index is -0.0183. The van der Waals surface area contributed by atoms with Crippen LogP contribution < -0.4 is 0 Å². The molecule has 0 bridgehead atoms. The maximum Gasteiger partial charge on any atom is 0.0923 e. The molecule has 22 heavy (non-hydrogen) atoms. The second-order valence-corrected chi connectivity index (χ2v) is 9.58. The first kappa shape index (κ1) is 17.5. The molecule has 2 saturated heterocycles. The molecular weight excluding hydrogens is 387 g/mol. The fourth-order valence-electron chi connectivity index (χ4n) is 4.81. The van der Waals surface area contributed by atoms with Crippen molar-refractivity contribution in [2.24, 2.45) is 5.92 Å². The van der Waals surface area contributed by atoms with Gasteiger partial charge in [0.1, 0.15) is 0 Å². The maximum atomic E-state index is 6.69. The van der Waals surface area contributed by atoms with E-state index in [1.54, 1.807) is 0 Å². The van der Waals surface area contributed by atoms with Crippen molar-refractivity contribution in [2.75, 3.05) is 0 Å². The van der Waals surface area contributed by atoms with E-state index in [4.69, 9.17) is 9.47 Å². The fraction of sp³-hybridized carbons (Fsp3) is 1.00. The summed E-state index contributed by atoms with van der Waals surface area (Å²) in [7, 11) is 0. The minimum absolute atomic E-state index is 0.0183. The highest BCUT2D eigenvalue weighted by Crippen LogP contribution is 2.48. The van der Waals surface area contributed by atoms with Crippen LogP contribution in [0.15, 0.2) is 0 Å². The van der Waals surface area contributed by atoms with E-state index in [1.807, 2.05) is 0 Å². The van der Waals surface area contributed by atoms with Gasteiger partial charge in [0.15, 0.2) is 0 Å². The highest BCUT2D eigenvalue weighted by molar-refractivity contribution is 14.1. The third-order valence-corrected chi connectivity index (χ3v) is 7.44. The van der Waals surface area contributed by atoms with Crippen LogP contribution in [0, 0.1) is 5.92 Å². The molecule has 0 aromatic heterocycles. The van der Waals surface area contributed by atoms with Crippen molar-refractivity contribution in [1.82, 2.24) is 0 Å². The molecule has 0 aromatic rings. The molecule has 3 aliphatic rings. The Balaban J connectivity index is 1.59. The number of hydrogen-bond acceptors (Lipinski definition) is 2. The van der Waals surface area contributed by atoms with E-state index in [9.17, 15) is 0 Å². The van der Waals surface area contributed by atoms with Crippen molar-refractivity contribution in [3.05, 3.63) is 0 Å². The fourth-order valence-corrected chi connectivity index (χ4v) is 5.78. The SMILES string of the molecule is CCCCCC[C@@H]1O[C@]2(C)C[C@@H]3CCCC[C@H]3O[C@H]2C[C@H]1I. The predicted molar refractivity (Wildman–Crippen MR) is 99.7 cm³/mol. The zero-order valence-corrected chi connectivity index (χ0v) is 16.5. The van der Waals surface area contributed by atoms with Gasteiger partial charge in [-0.05, 0) is 44.9 Å². The van der Waals surface area contributed by atoms with Gasteiger partial charge in [0.05, 0.1) is 23.9 Å². The Morgan fingerprint density at radius 3 is 2.77 bits per heavy atom. The van der Waals surface area contributed by atoms with Gasteiger partial charge in [-0.3, -0.25) is 0 Å². The van der Waals surface area contributed by atoms with Crippen LogP contribution in [0.25, 0.3) is 0 Å². The van der Waals surface area contributed by atoms with Gasteiger partial charge in [0.25, 0.3) is 0 Å². The van der Waals surface area contributed by atoms with Gasteiger partial charge in [0, 0.05) is 3.92 Å². The summed E-state index contributed by atoms with van der Waals surface area (Å²) in [5.41, 5.74) is -0.0183. The molecule has 0 aromatic carbocycles. The molecule has 3 rings (SSSR count). The molecule has 0 amide bonds. The van der Waals surface area contributed by atoms with Crippen molar-refractivity contribution in [3.63, 3.8) is 0 Å². The van der Waals surface area contributed by atoms with Gasteiger partial charge in [-0.2, -0.15) is 0 Å². The second-order valence-electron chi connectivity index (χ2n) is 7.98. The molecule has 3 fully saturated rings. The number of fused-ring (bicyclic) bond motifs is 2. The van der Waals surface area contributed by atoms with Crippen LogP contribution in [0.3, 0.4) is 0 Å². The van der Waals surface area contributed by atoms with Crippen LogP contribution >= 0.6 is 22.6 Å². The monoisotopic (exact) mass is 420 g/mol. The number of unbranched alkanes of at least 4 members (excludes halogenated alkanes) is 3. The van der Waals surface area contributed by atoms with E-state index >= 15 is 0 Å². The Labute approximate surface area is 150 Å². The lowest BCUT2D eigenvalue weighted by Gasteiger charge is -2.54. The Kier molecular flexibility index (Phi) is 6.11. The molecule has 0 spiro atoms. The van der Waals surface area contributed by atoms with Gasteiger partial charge in [-0.15, -0.1) is 0 Å². The van der Waals surface area contributed by atoms with E-state index in [0.29, 0.717) is 22.2 Å². The van der Waals surface area contributed by atoms with Crippen LogP contribution in [-0.4, -0.2) is 27.8 Å². The Hall–Kier alpha value is 0.650. The average Bonchev–Trinajstić information content (AvgIpc) is 2.50. The summed E-state index contributed by atoms with van der Waals surface area (Å²) in [5.74, 6) is 0.751. The van der Waals surface area contributed by atoms with E-state index in [0.717, 1.165) is 5.92 Å². The Morgan fingerprint density at radius 2 is 1.95 bits per heavy atom. The smallest absolute Gasteiger partial charge is 0.0923 e. The van der Waals surface area contributed by atoms with Gasteiger partial charge in [0.2, 0.25) is 0 Å². The molecule has 0 unspecified atom stereocenters. The summed E-state index contributed by atoms with van der Waals surface area (Å²) in [4.78, 5) is 0. The third-order valence-electron chi connectivity index (χ3n) is 6.13. The number of halogens is 1. The van der Waals surface area contributed by atoms with Gasteiger partial charge >= 0.3 is 0 Å². The van der Waals surface area contributed by atoms with Crippen LogP contribution in [0.4, 0.5) is 0 Å². The maximum absolute atomic E-state index is 6.69. The first-order valence-corrected chi connectivity index (χ1v) is 10.8. The van der Waals surface area contributed by atoms with E-state index in [2.05, 4.69) is 36.4 Å². The summed E-state index contributed by atoms with van der Waals surface area (Å²) in [6.45, 7) is 4.62. The van der Waals surface area contributed by atoms with Crippen molar-refractivity contribution in [1.29, 1.82) is 0 Å². The van der Waals surface area contributed by atoms with E-state index in [1.165, 1.54) is 70.6 Å². The largest absolute Gasteiger partial charge is 0.372 e. The van der Waals surface area contributed by atoms with E-state index in [-0.39, 0.29) is 5.60 Å². The highest BCUT2D eigenvalue weighted by atomic mass is 127. The summed E-state index contributed by atoms with van der Waals surface area (Å²) in [5, 5.41) is 0.